The fourth-order valence-electron chi connectivity index (χ4n) is 2.48. The van der Waals surface area contributed by atoms with Crippen molar-refractivity contribution in [1.82, 2.24) is 5.32 Å². The number of aryl methyl sites for hydroxylation is 1. The zero-order valence-electron chi connectivity index (χ0n) is 16.3. The Kier molecular flexibility index (Phi) is 7.25. The lowest BCUT2D eigenvalue weighted by Crippen LogP contribution is -2.47. The predicted molar refractivity (Wildman–Crippen MR) is 104 cm³/mol. The molecule has 29 heavy (non-hydrogen) atoms. The summed E-state index contributed by atoms with van der Waals surface area (Å²) in [6.07, 6.45) is -4.42. The smallest absolute Gasteiger partial charge is 0.422 e. The van der Waals surface area contributed by atoms with E-state index in [2.05, 4.69) is 15.4 Å². The highest BCUT2D eigenvalue weighted by Gasteiger charge is 2.28. The van der Waals surface area contributed by atoms with Gasteiger partial charge in [0.2, 0.25) is 5.91 Å². The van der Waals surface area contributed by atoms with Gasteiger partial charge >= 0.3 is 6.18 Å². The number of anilines is 1. The Balaban J connectivity index is 2.00. The predicted octanol–water partition coefficient (Wildman–Crippen LogP) is 4.33. The summed E-state index contributed by atoms with van der Waals surface area (Å²) in [7, 11) is 0. The molecule has 2 N–H and O–H groups in total. The lowest BCUT2D eigenvalue weighted by molar-refractivity contribution is -0.153. The van der Waals surface area contributed by atoms with Gasteiger partial charge in [-0.15, -0.1) is 0 Å². The first-order valence-electron chi connectivity index (χ1n) is 9.03. The Morgan fingerprint density at radius 1 is 1.00 bits per heavy atom. The molecule has 8 heteroatoms. The number of carbonyl (C=O) groups excluding carboxylic acids is 2. The number of hydrogen-bond donors (Lipinski definition) is 2. The van der Waals surface area contributed by atoms with Gasteiger partial charge in [0.05, 0.1) is 0 Å². The van der Waals surface area contributed by atoms with Crippen molar-refractivity contribution in [2.24, 2.45) is 5.92 Å². The molecule has 0 spiro atoms. The van der Waals surface area contributed by atoms with Crippen LogP contribution in [0.5, 0.6) is 5.75 Å². The minimum atomic E-state index is -4.42. The van der Waals surface area contributed by atoms with E-state index in [-0.39, 0.29) is 17.6 Å². The van der Waals surface area contributed by atoms with Gasteiger partial charge in [-0.2, -0.15) is 13.2 Å². The molecule has 0 aliphatic rings. The molecule has 0 saturated carbocycles. The van der Waals surface area contributed by atoms with Crippen LogP contribution >= 0.6 is 0 Å². The number of halogens is 3. The van der Waals surface area contributed by atoms with Crippen LogP contribution in [0.4, 0.5) is 18.9 Å². The minimum absolute atomic E-state index is 0.0356. The highest BCUT2D eigenvalue weighted by Crippen LogP contribution is 2.20. The Bertz CT molecular complexity index is 832. The number of carbonyl (C=O) groups is 2. The fraction of sp³-hybridized carbons (Fsp3) is 0.333. The minimum Gasteiger partial charge on any atom is -0.484 e. The van der Waals surface area contributed by atoms with Gasteiger partial charge in [0.15, 0.2) is 6.61 Å². The normalized spacial score (nSPS) is 12.4. The molecule has 2 amide bonds. The van der Waals surface area contributed by atoms with Gasteiger partial charge in [-0.1, -0.05) is 31.5 Å². The molecule has 2 aromatic carbocycles. The largest absolute Gasteiger partial charge is 0.484 e. The molecule has 1 unspecified atom stereocenters. The van der Waals surface area contributed by atoms with Crippen LogP contribution in [0.15, 0.2) is 48.5 Å². The van der Waals surface area contributed by atoms with Crippen molar-refractivity contribution in [3.63, 3.8) is 0 Å². The van der Waals surface area contributed by atoms with Crippen LogP contribution in [-0.2, 0) is 4.79 Å². The number of alkyl halides is 3. The van der Waals surface area contributed by atoms with E-state index in [1.165, 1.54) is 24.3 Å². The van der Waals surface area contributed by atoms with E-state index in [1.54, 1.807) is 26.0 Å². The Morgan fingerprint density at radius 3 is 2.10 bits per heavy atom. The molecule has 0 bridgehead atoms. The number of ether oxygens (including phenoxy) is 1. The summed E-state index contributed by atoms with van der Waals surface area (Å²) in [6, 6.07) is 11.7. The summed E-state index contributed by atoms with van der Waals surface area (Å²) in [5.41, 5.74) is 1.84. The van der Waals surface area contributed by atoms with Crippen LogP contribution < -0.4 is 15.4 Å². The molecule has 5 nitrogen and oxygen atoms in total. The zero-order chi connectivity index (χ0) is 21.6. The number of rotatable bonds is 7. The fourth-order valence-corrected chi connectivity index (χ4v) is 2.48. The molecular formula is C21H23F3N2O3. The van der Waals surface area contributed by atoms with E-state index in [0.717, 1.165) is 5.56 Å². The first-order valence-corrected chi connectivity index (χ1v) is 9.03. The third kappa shape index (κ3) is 7.14. The summed E-state index contributed by atoms with van der Waals surface area (Å²) in [5.74, 6) is -0.939. The van der Waals surface area contributed by atoms with Gasteiger partial charge in [-0.25, -0.2) is 0 Å². The van der Waals surface area contributed by atoms with Crippen molar-refractivity contribution in [3.8, 4) is 5.75 Å². The second kappa shape index (κ2) is 9.45. The maximum Gasteiger partial charge on any atom is 0.422 e. The van der Waals surface area contributed by atoms with Crippen molar-refractivity contribution in [2.75, 3.05) is 11.9 Å². The Hall–Kier alpha value is -3.03. The maximum absolute atomic E-state index is 12.6. The zero-order valence-corrected chi connectivity index (χ0v) is 16.3. The third-order valence-electron chi connectivity index (χ3n) is 4.07. The summed E-state index contributed by atoms with van der Waals surface area (Å²) in [4.78, 5) is 25.0. The van der Waals surface area contributed by atoms with Gasteiger partial charge in [0, 0.05) is 11.3 Å². The number of amides is 2. The van der Waals surface area contributed by atoms with Gasteiger partial charge in [0.25, 0.3) is 5.91 Å². The number of benzene rings is 2. The van der Waals surface area contributed by atoms with Gasteiger partial charge in [-0.3, -0.25) is 9.59 Å². The summed E-state index contributed by atoms with van der Waals surface area (Å²) >= 11 is 0. The maximum atomic E-state index is 12.6. The standard InChI is InChI=1S/C21H23F3N2O3/c1-13(2)18(26-19(27)15-6-4-14(3)5-7-15)20(28)25-16-8-10-17(11-9-16)29-12-21(22,23)24/h4-11,13,18H,12H2,1-3H3,(H,25,28)(H,26,27). The molecule has 2 aromatic rings. The topological polar surface area (TPSA) is 67.4 Å². The van der Waals surface area contributed by atoms with E-state index in [0.29, 0.717) is 11.3 Å². The van der Waals surface area contributed by atoms with Crippen molar-refractivity contribution >= 4 is 17.5 Å². The molecule has 156 valence electrons. The molecule has 0 heterocycles. The van der Waals surface area contributed by atoms with Crippen LogP contribution in [0.3, 0.4) is 0 Å². The molecule has 1 atom stereocenters. The monoisotopic (exact) mass is 408 g/mol. The van der Waals surface area contributed by atoms with Gasteiger partial charge in [-0.05, 0) is 49.2 Å². The summed E-state index contributed by atoms with van der Waals surface area (Å²) in [5, 5.41) is 5.38. The van der Waals surface area contributed by atoms with E-state index in [4.69, 9.17) is 0 Å². The summed E-state index contributed by atoms with van der Waals surface area (Å²) in [6.45, 7) is 4.12. The van der Waals surface area contributed by atoms with Crippen LogP contribution in [0.1, 0.15) is 29.8 Å². The van der Waals surface area contributed by atoms with Crippen molar-refractivity contribution < 1.29 is 27.5 Å². The molecule has 0 aliphatic carbocycles. The molecule has 0 radical (unpaired) electrons. The third-order valence-corrected chi connectivity index (χ3v) is 4.07. The molecule has 0 aliphatic heterocycles. The highest BCUT2D eigenvalue weighted by atomic mass is 19.4. The van der Waals surface area contributed by atoms with E-state index in [1.807, 2.05) is 19.1 Å². The van der Waals surface area contributed by atoms with Gasteiger partial charge in [0.1, 0.15) is 11.8 Å². The van der Waals surface area contributed by atoms with Crippen LogP contribution in [0, 0.1) is 12.8 Å². The van der Waals surface area contributed by atoms with E-state index >= 15 is 0 Å². The first kappa shape index (κ1) is 22.3. The second-order valence-corrected chi connectivity index (χ2v) is 6.98. The molecule has 0 saturated heterocycles. The van der Waals surface area contributed by atoms with Crippen LogP contribution in [-0.4, -0.2) is 30.6 Å². The van der Waals surface area contributed by atoms with Crippen LogP contribution in [0.2, 0.25) is 0 Å². The molecule has 0 fully saturated rings. The molecule has 2 rings (SSSR count). The van der Waals surface area contributed by atoms with Crippen molar-refractivity contribution in [2.45, 2.75) is 33.0 Å². The molecule has 0 aromatic heterocycles. The van der Waals surface area contributed by atoms with E-state index in [9.17, 15) is 22.8 Å². The number of hydrogen-bond acceptors (Lipinski definition) is 3. The summed E-state index contributed by atoms with van der Waals surface area (Å²) < 4.78 is 41.2. The SMILES string of the molecule is Cc1ccc(C(=O)NC(C(=O)Nc2ccc(OCC(F)(F)F)cc2)C(C)C)cc1. The highest BCUT2D eigenvalue weighted by molar-refractivity contribution is 6.01. The van der Waals surface area contributed by atoms with E-state index < -0.39 is 24.7 Å². The average Bonchev–Trinajstić information content (AvgIpc) is 2.65. The number of nitrogens with one attached hydrogen (secondary N) is 2. The van der Waals surface area contributed by atoms with Crippen LogP contribution in [0.25, 0.3) is 0 Å². The first-order chi connectivity index (χ1) is 13.5. The average molecular weight is 408 g/mol. The Morgan fingerprint density at radius 2 is 1.59 bits per heavy atom. The lowest BCUT2D eigenvalue weighted by atomic mass is 10.0. The van der Waals surface area contributed by atoms with Gasteiger partial charge < -0.3 is 15.4 Å². The quantitative estimate of drug-likeness (QED) is 0.717. The van der Waals surface area contributed by atoms with Crippen molar-refractivity contribution in [1.29, 1.82) is 0 Å². The van der Waals surface area contributed by atoms with Crippen molar-refractivity contribution in [3.05, 3.63) is 59.7 Å². The lowest BCUT2D eigenvalue weighted by Gasteiger charge is -2.22. The molecular weight excluding hydrogens is 385 g/mol. The second-order valence-electron chi connectivity index (χ2n) is 6.98. The Labute approximate surface area is 167 Å².